The molecule has 1 aliphatic carbocycles. The number of aryl methyl sites for hydroxylation is 1. The number of ketones is 2. The van der Waals surface area contributed by atoms with Crippen molar-refractivity contribution >= 4 is 56.6 Å². The van der Waals surface area contributed by atoms with Crippen LogP contribution in [0.5, 0.6) is 0 Å². The predicted octanol–water partition coefficient (Wildman–Crippen LogP) is 4.16. The van der Waals surface area contributed by atoms with Gasteiger partial charge >= 0.3 is 0 Å². The number of anilines is 1. The van der Waals surface area contributed by atoms with Crippen LogP contribution in [0.3, 0.4) is 0 Å². The Bertz CT molecular complexity index is 1350. The lowest BCUT2D eigenvalue weighted by Crippen LogP contribution is -2.29. The zero-order valence-corrected chi connectivity index (χ0v) is 17.9. The number of fused-ring (bicyclic) bond motifs is 2. The van der Waals surface area contributed by atoms with E-state index in [4.69, 9.17) is 0 Å². The third kappa shape index (κ3) is 2.81. The van der Waals surface area contributed by atoms with Crippen LogP contribution in [0.25, 0.3) is 16.3 Å². The average Bonchev–Trinajstić information content (AvgIpc) is 3.31. The van der Waals surface area contributed by atoms with Crippen LogP contribution in [0, 0.1) is 0 Å². The van der Waals surface area contributed by atoms with E-state index in [1.807, 2.05) is 72.1 Å². The van der Waals surface area contributed by atoms with Gasteiger partial charge in [-0.1, -0.05) is 47.4 Å². The molecule has 3 aromatic rings. The van der Waals surface area contributed by atoms with Gasteiger partial charge < -0.3 is 10.0 Å². The van der Waals surface area contributed by atoms with E-state index in [2.05, 4.69) is 0 Å². The van der Waals surface area contributed by atoms with Crippen molar-refractivity contribution in [3.63, 3.8) is 0 Å². The van der Waals surface area contributed by atoms with E-state index in [-0.39, 0.29) is 16.9 Å². The molecule has 2 heterocycles. The van der Waals surface area contributed by atoms with Gasteiger partial charge in [0.05, 0.1) is 21.9 Å². The molecule has 2 aliphatic rings. The molecule has 2 aromatic carbocycles. The van der Waals surface area contributed by atoms with Crippen LogP contribution in [0.15, 0.2) is 81.4 Å². The summed E-state index contributed by atoms with van der Waals surface area (Å²) in [5.41, 5.74) is 2.13. The maximum absolute atomic E-state index is 12.7. The molecule has 0 saturated carbocycles. The molecule has 1 N–H and O–H groups in total. The van der Waals surface area contributed by atoms with Gasteiger partial charge in [-0.05, 0) is 24.3 Å². The van der Waals surface area contributed by atoms with Gasteiger partial charge in [0.25, 0.3) is 5.01 Å². The Kier molecular flexibility index (Phi) is 4.38. The first-order chi connectivity index (χ1) is 14.5. The number of aromatic nitrogens is 1. The molecule has 148 valence electrons. The average molecular weight is 434 g/mol. The number of carbonyl (C=O) groups excluding carboxylic acids is 2. The van der Waals surface area contributed by atoms with Crippen LogP contribution >= 0.6 is 23.1 Å². The number of Topliss-reactive ketones (excluding diaryl/α,β-unsaturated/α-hetero) is 2. The summed E-state index contributed by atoms with van der Waals surface area (Å²) in [7, 11) is 3.80. The lowest BCUT2D eigenvalue weighted by Gasteiger charge is -2.13. The number of thiazole rings is 1. The van der Waals surface area contributed by atoms with Crippen LogP contribution in [0.4, 0.5) is 5.69 Å². The number of para-hydroxylation sites is 2. The van der Waals surface area contributed by atoms with Gasteiger partial charge in [0.1, 0.15) is 17.5 Å². The molecule has 0 atom stereocenters. The maximum atomic E-state index is 12.7. The second kappa shape index (κ2) is 6.97. The lowest BCUT2D eigenvalue weighted by atomic mass is 10.2. The Morgan fingerprint density at radius 1 is 1.00 bits per heavy atom. The van der Waals surface area contributed by atoms with Crippen molar-refractivity contribution in [1.29, 1.82) is 0 Å². The third-order valence-electron chi connectivity index (χ3n) is 5.28. The molecule has 0 unspecified atom stereocenters. The highest BCUT2D eigenvalue weighted by molar-refractivity contribution is 8.03. The van der Waals surface area contributed by atoms with Crippen molar-refractivity contribution < 1.29 is 19.3 Å². The monoisotopic (exact) mass is 433 g/mol. The lowest BCUT2D eigenvalue weighted by molar-refractivity contribution is -0.642. The second-order valence-corrected chi connectivity index (χ2v) is 9.18. The number of benzene rings is 2. The van der Waals surface area contributed by atoms with Crippen molar-refractivity contribution in [3.8, 4) is 0 Å². The fourth-order valence-corrected chi connectivity index (χ4v) is 5.80. The molecule has 5 rings (SSSR count). The minimum atomic E-state index is -0.681. The number of carbonyl (C=O) groups is 2. The number of thioether (sulfide) groups is 1. The summed E-state index contributed by atoms with van der Waals surface area (Å²) >= 11 is 3.01. The quantitative estimate of drug-likeness (QED) is 0.374. The first kappa shape index (κ1) is 18.8. The van der Waals surface area contributed by atoms with Crippen LogP contribution in [-0.4, -0.2) is 23.7 Å². The van der Waals surface area contributed by atoms with Gasteiger partial charge in [0.15, 0.2) is 0 Å². The largest absolute Gasteiger partial charge is 0.506 e. The zero-order chi connectivity index (χ0) is 21.0. The number of nitrogens with zero attached hydrogens (tertiary/aromatic N) is 2. The number of aliphatic hydroxyl groups is 1. The molecule has 1 aliphatic heterocycles. The number of allylic oxidation sites excluding steroid dienone is 3. The summed E-state index contributed by atoms with van der Waals surface area (Å²) in [6, 6.07) is 15.8. The van der Waals surface area contributed by atoms with Crippen LogP contribution in [0.1, 0.15) is 5.01 Å². The maximum Gasteiger partial charge on any atom is 0.263 e. The Labute approximate surface area is 181 Å². The van der Waals surface area contributed by atoms with E-state index in [1.54, 1.807) is 12.2 Å². The molecular formula is C23H17N2O3S2+. The molecule has 5 nitrogen and oxygen atoms in total. The van der Waals surface area contributed by atoms with Crippen molar-refractivity contribution in [3.05, 3.63) is 81.5 Å². The van der Waals surface area contributed by atoms with Gasteiger partial charge in [-0.25, -0.2) is 0 Å². The molecule has 7 heteroatoms. The first-order valence-electron chi connectivity index (χ1n) is 9.30. The Balaban J connectivity index is 1.57. The molecule has 0 radical (unpaired) electrons. The summed E-state index contributed by atoms with van der Waals surface area (Å²) < 4.78 is 3.02. The van der Waals surface area contributed by atoms with Gasteiger partial charge in [-0.15, -0.1) is 0 Å². The molecular weight excluding hydrogens is 416 g/mol. The first-order valence-corrected chi connectivity index (χ1v) is 10.9. The summed E-state index contributed by atoms with van der Waals surface area (Å²) in [5, 5.41) is 12.3. The topological polar surface area (TPSA) is 61.5 Å². The Morgan fingerprint density at radius 2 is 1.73 bits per heavy atom. The van der Waals surface area contributed by atoms with E-state index in [9.17, 15) is 14.7 Å². The van der Waals surface area contributed by atoms with E-state index in [1.165, 1.54) is 23.1 Å². The minimum absolute atomic E-state index is 0.0390. The summed E-state index contributed by atoms with van der Waals surface area (Å²) in [6.07, 6.45) is 3.21. The fraction of sp³-hybridized carbons (Fsp3) is 0.0870. The number of aliphatic hydroxyl groups excluding tert-OH is 1. The molecule has 1 aromatic heterocycles. The third-order valence-corrected chi connectivity index (χ3v) is 7.62. The normalized spacial score (nSPS) is 19.1. The highest BCUT2D eigenvalue weighted by atomic mass is 32.2. The van der Waals surface area contributed by atoms with Crippen molar-refractivity contribution in [1.82, 2.24) is 0 Å². The van der Waals surface area contributed by atoms with E-state index < -0.39 is 11.6 Å². The molecule has 0 fully saturated rings. The van der Waals surface area contributed by atoms with Gasteiger partial charge in [-0.2, -0.15) is 4.57 Å². The van der Waals surface area contributed by atoms with Crippen LogP contribution in [0.2, 0.25) is 0 Å². The predicted molar refractivity (Wildman–Crippen MR) is 119 cm³/mol. The van der Waals surface area contributed by atoms with Crippen LogP contribution < -0.4 is 9.47 Å². The Hall–Kier alpha value is -3.16. The SMILES string of the molecule is CN1C(=CC2=C(O)C(=Cc3sc4ccccc4[n+]3C)C(=O)C2=O)Sc2ccccc21. The molecule has 0 bridgehead atoms. The number of hydrogen-bond acceptors (Lipinski definition) is 6. The highest BCUT2D eigenvalue weighted by Crippen LogP contribution is 2.45. The highest BCUT2D eigenvalue weighted by Gasteiger charge is 2.37. The standard InChI is InChI=1S/C23H16N2O3S2/c1-24-15-7-3-5-9-17(15)29-19(24)11-13-21(26)14(23(28)22(13)27)12-20-25(2)16-8-4-6-10-18(16)30-20/h3-12H,1-2H3/p+1. The molecule has 0 amide bonds. The van der Waals surface area contributed by atoms with E-state index in [0.29, 0.717) is 0 Å². The van der Waals surface area contributed by atoms with Crippen molar-refractivity contribution in [2.75, 3.05) is 11.9 Å². The second-order valence-electron chi connectivity index (χ2n) is 7.06. The summed E-state index contributed by atoms with van der Waals surface area (Å²) in [4.78, 5) is 28.3. The zero-order valence-electron chi connectivity index (χ0n) is 16.2. The molecule has 0 saturated heterocycles. The van der Waals surface area contributed by atoms with Crippen molar-refractivity contribution in [2.24, 2.45) is 7.05 Å². The minimum Gasteiger partial charge on any atom is -0.506 e. The van der Waals surface area contributed by atoms with Gasteiger partial charge in [0.2, 0.25) is 17.1 Å². The van der Waals surface area contributed by atoms with E-state index >= 15 is 0 Å². The smallest absolute Gasteiger partial charge is 0.263 e. The van der Waals surface area contributed by atoms with Gasteiger partial charge in [-0.3, -0.25) is 9.59 Å². The van der Waals surface area contributed by atoms with Gasteiger partial charge in [0, 0.05) is 24.1 Å². The fourth-order valence-electron chi connectivity index (χ4n) is 3.61. The van der Waals surface area contributed by atoms with Crippen molar-refractivity contribution in [2.45, 2.75) is 4.90 Å². The molecule has 30 heavy (non-hydrogen) atoms. The molecule has 0 spiro atoms. The number of rotatable bonds is 2. The van der Waals surface area contributed by atoms with E-state index in [0.717, 1.165) is 30.8 Å². The summed E-state index contributed by atoms with van der Waals surface area (Å²) in [5.74, 6) is -1.63. The Morgan fingerprint density at radius 3 is 2.50 bits per heavy atom. The summed E-state index contributed by atoms with van der Waals surface area (Å²) in [6.45, 7) is 0. The number of hydrogen-bond donors (Lipinski definition) is 1. The van der Waals surface area contributed by atoms with Crippen LogP contribution in [-0.2, 0) is 16.6 Å².